The summed E-state index contributed by atoms with van der Waals surface area (Å²) in [5.74, 6) is 0.863. The van der Waals surface area contributed by atoms with Crippen molar-refractivity contribution < 1.29 is 0 Å². The predicted molar refractivity (Wildman–Crippen MR) is 68.1 cm³/mol. The van der Waals surface area contributed by atoms with Crippen LogP contribution < -0.4 is 5.32 Å². The molecule has 88 valence electrons. The Hall–Kier alpha value is -0.300. The fraction of sp³-hybridized carbons (Fsp3) is 0.857. The lowest BCUT2D eigenvalue weighted by Gasteiger charge is -2.19. The Bertz CT molecular complexity index is 157. The van der Waals surface area contributed by atoms with Gasteiger partial charge in [-0.15, -0.1) is 0 Å². The number of nitrogens with one attached hydrogen (secondary N) is 1. The molecule has 0 aliphatic carbocycles. The zero-order valence-electron chi connectivity index (χ0n) is 10.3. The Morgan fingerprint density at radius 1 is 1.07 bits per heavy atom. The Morgan fingerprint density at radius 3 is 2.53 bits per heavy atom. The third-order valence-corrected chi connectivity index (χ3v) is 3.27. The standard InChI is InChI=1S/C14H27N/c1-2-3-4-5-6-7-8-9-14-10-12-15-13-11-14/h8-9,14-15H,2-7,10-13H2,1H3. The number of piperidine rings is 1. The molecule has 1 aliphatic heterocycles. The molecule has 0 atom stereocenters. The summed E-state index contributed by atoms with van der Waals surface area (Å²) in [5.41, 5.74) is 0. The smallest absolute Gasteiger partial charge is 0.00433 e. The second kappa shape index (κ2) is 8.96. The maximum Gasteiger partial charge on any atom is -0.00433 e. The zero-order valence-corrected chi connectivity index (χ0v) is 10.3. The van der Waals surface area contributed by atoms with Gasteiger partial charge in [-0.05, 0) is 44.7 Å². The third kappa shape index (κ3) is 6.72. The normalized spacial score (nSPS) is 18.7. The van der Waals surface area contributed by atoms with E-state index < -0.39 is 0 Å². The van der Waals surface area contributed by atoms with Crippen molar-refractivity contribution in [3.63, 3.8) is 0 Å². The van der Waals surface area contributed by atoms with Gasteiger partial charge in [-0.2, -0.15) is 0 Å². The summed E-state index contributed by atoms with van der Waals surface area (Å²) >= 11 is 0. The molecule has 0 aromatic rings. The molecule has 1 fully saturated rings. The van der Waals surface area contributed by atoms with Gasteiger partial charge in [-0.1, -0.05) is 44.8 Å². The van der Waals surface area contributed by atoms with Gasteiger partial charge >= 0.3 is 0 Å². The van der Waals surface area contributed by atoms with E-state index in [2.05, 4.69) is 24.4 Å². The number of allylic oxidation sites excluding steroid dienone is 2. The minimum atomic E-state index is 0.863. The van der Waals surface area contributed by atoms with Crippen molar-refractivity contribution in [3.05, 3.63) is 12.2 Å². The summed E-state index contributed by atoms with van der Waals surface area (Å²) in [4.78, 5) is 0. The van der Waals surface area contributed by atoms with Crippen LogP contribution in [0.5, 0.6) is 0 Å². The highest BCUT2D eigenvalue weighted by molar-refractivity contribution is 4.90. The van der Waals surface area contributed by atoms with E-state index in [1.54, 1.807) is 0 Å². The van der Waals surface area contributed by atoms with Crippen molar-refractivity contribution in [2.75, 3.05) is 13.1 Å². The fourth-order valence-corrected chi connectivity index (χ4v) is 2.19. The van der Waals surface area contributed by atoms with Gasteiger partial charge in [-0.25, -0.2) is 0 Å². The molecule has 0 spiro atoms. The summed E-state index contributed by atoms with van der Waals surface area (Å²) in [6.07, 6.45) is 15.9. The molecule has 1 nitrogen and oxygen atoms in total. The molecule has 0 saturated carbocycles. The number of hydrogen-bond acceptors (Lipinski definition) is 1. The second-order valence-corrected chi connectivity index (χ2v) is 4.72. The molecular formula is C14H27N. The van der Waals surface area contributed by atoms with Crippen LogP contribution in [0.15, 0.2) is 12.2 Å². The van der Waals surface area contributed by atoms with Crippen LogP contribution in [-0.4, -0.2) is 13.1 Å². The predicted octanol–water partition coefficient (Wildman–Crippen LogP) is 3.90. The first-order valence-electron chi connectivity index (χ1n) is 6.81. The van der Waals surface area contributed by atoms with Gasteiger partial charge in [0.25, 0.3) is 0 Å². The first-order chi connectivity index (χ1) is 7.43. The van der Waals surface area contributed by atoms with Crippen LogP contribution in [0.25, 0.3) is 0 Å². The van der Waals surface area contributed by atoms with E-state index in [0.717, 1.165) is 5.92 Å². The van der Waals surface area contributed by atoms with E-state index >= 15 is 0 Å². The van der Waals surface area contributed by atoms with E-state index in [1.165, 1.54) is 64.5 Å². The van der Waals surface area contributed by atoms with Crippen molar-refractivity contribution in [1.29, 1.82) is 0 Å². The van der Waals surface area contributed by atoms with E-state index in [1.807, 2.05) is 0 Å². The lowest BCUT2D eigenvalue weighted by Crippen LogP contribution is -2.26. The molecular weight excluding hydrogens is 182 g/mol. The molecule has 0 aromatic carbocycles. The van der Waals surface area contributed by atoms with Crippen LogP contribution >= 0.6 is 0 Å². The van der Waals surface area contributed by atoms with Gasteiger partial charge < -0.3 is 5.32 Å². The zero-order chi connectivity index (χ0) is 10.8. The van der Waals surface area contributed by atoms with Crippen molar-refractivity contribution in [1.82, 2.24) is 5.32 Å². The molecule has 0 radical (unpaired) electrons. The van der Waals surface area contributed by atoms with Crippen LogP contribution in [0.1, 0.15) is 58.3 Å². The minimum absolute atomic E-state index is 0.863. The van der Waals surface area contributed by atoms with Crippen LogP contribution in [0.4, 0.5) is 0 Å². The Balaban J connectivity index is 1.91. The summed E-state index contributed by atoms with van der Waals surface area (Å²) in [5, 5.41) is 3.41. The minimum Gasteiger partial charge on any atom is -0.317 e. The van der Waals surface area contributed by atoms with Gasteiger partial charge in [0.2, 0.25) is 0 Å². The quantitative estimate of drug-likeness (QED) is 0.495. The summed E-state index contributed by atoms with van der Waals surface area (Å²) in [6.45, 7) is 4.70. The third-order valence-electron chi connectivity index (χ3n) is 3.27. The van der Waals surface area contributed by atoms with Crippen molar-refractivity contribution in [3.8, 4) is 0 Å². The van der Waals surface area contributed by atoms with Gasteiger partial charge in [0, 0.05) is 0 Å². The highest BCUT2D eigenvalue weighted by Gasteiger charge is 2.08. The van der Waals surface area contributed by atoms with Gasteiger partial charge in [0.15, 0.2) is 0 Å². The van der Waals surface area contributed by atoms with E-state index in [0.29, 0.717) is 0 Å². The maximum absolute atomic E-state index is 3.41. The average molecular weight is 209 g/mol. The molecule has 0 amide bonds. The molecule has 1 aliphatic rings. The van der Waals surface area contributed by atoms with Crippen molar-refractivity contribution >= 4 is 0 Å². The van der Waals surface area contributed by atoms with E-state index in [9.17, 15) is 0 Å². The molecule has 1 saturated heterocycles. The molecule has 15 heavy (non-hydrogen) atoms. The van der Waals surface area contributed by atoms with Gasteiger partial charge in [0.1, 0.15) is 0 Å². The number of unbranched alkanes of at least 4 members (excludes halogenated alkanes) is 5. The summed E-state index contributed by atoms with van der Waals surface area (Å²) in [6, 6.07) is 0. The summed E-state index contributed by atoms with van der Waals surface area (Å²) < 4.78 is 0. The second-order valence-electron chi connectivity index (χ2n) is 4.72. The molecule has 1 N–H and O–H groups in total. The van der Waals surface area contributed by atoms with Gasteiger partial charge in [0.05, 0.1) is 0 Å². The number of hydrogen-bond donors (Lipinski definition) is 1. The Kier molecular flexibility index (Phi) is 7.63. The molecule has 0 aromatic heterocycles. The SMILES string of the molecule is CCCCCCCC=CC1CCNCC1. The molecule has 0 unspecified atom stereocenters. The molecule has 1 heterocycles. The van der Waals surface area contributed by atoms with Gasteiger partial charge in [-0.3, -0.25) is 0 Å². The lowest BCUT2D eigenvalue weighted by molar-refractivity contribution is 0.436. The first-order valence-corrected chi connectivity index (χ1v) is 6.81. The Morgan fingerprint density at radius 2 is 1.80 bits per heavy atom. The van der Waals surface area contributed by atoms with Crippen LogP contribution in [0, 0.1) is 5.92 Å². The average Bonchev–Trinajstić information content (AvgIpc) is 2.29. The number of rotatable bonds is 7. The fourth-order valence-electron chi connectivity index (χ4n) is 2.19. The maximum atomic E-state index is 3.41. The van der Waals surface area contributed by atoms with Crippen molar-refractivity contribution in [2.24, 2.45) is 5.92 Å². The molecule has 0 bridgehead atoms. The first kappa shape index (κ1) is 12.8. The topological polar surface area (TPSA) is 12.0 Å². The van der Waals surface area contributed by atoms with E-state index in [4.69, 9.17) is 0 Å². The Labute approximate surface area is 95.3 Å². The largest absolute Gasteiger partial charge is 0.317 e. The van der Waals surface area contributed by atoms with Crippen LogP contribution in [-0.2, 0) is 0 Å². The van der Waals surface area contributed by atoms with Crippen LogP contribution in [0.3, 0.4) is 0 Å². The molecule has 1 heteroatoms. The van der Waals surface area contributed by atoms with Crippen molar-refractivity contribution in [2.45, 2.75) is 58.3 Å². The monoisotopic (exact) mass is 209 g/mol. The lowest BCUT2D eigenvalue weighted by atomic mass is 9.97. The van der Waals surface area contributed by atoms with Crippen LogP contribution in [0.2, 0.25) is 0 Å². The molecule has 1 rings (SSSR count). The summed E-state index contributed by atoms with van der Waals surface area (Å²) in [7, 11) is 0. The highest BCUT2D eigenvalue weighted by atomic mass is 14.9. The van der Waals surface area contributed by atoms with E-state index in [-0.39, 0.29) is 0 Å². The highest BCUT2D eigenvalue weighted by Crippen LogP contribution is 2.14.